The van der Waals surface area contributed by atoms with Gasteiger partial charge in [-0.1, -0.05) is 18.6 Å². The first-order chi connectivity index (χ1) is 24.4. The molecular weight excluding hydrogens is 648 g/mol. The Labute approximate surface area is 303 Å². The number of hydrogen-bond acceptors (Lipinski definition) is 8. The van der Waals surface area contributed by atoms with Crippen molar-refractivity contribution in [2.24, 2.45) is 23.7 Å². The molecule has 0 amide bonds. The predicted molar refractivity (Wildman–Crippen MR) is 195 cm³/mol. The van der Waals surface area contributed by atoms with Gasteiger partial charge in [0.2, 0.25) is 0 Å². The van der Waals surface area contributed by atoms with E-state index in [-0.39, 0.29) is 34.9 Å². The van der Waals surface area contributed by atoms with Crippen molar-refractivity contribution in [1.29, 1.82) is 5.26 Å². The van der Waals surface area contributed by atoms with Gasteiger partial charge in [0.1, 0.15) is 5.82 Å². The van der Waals surface area contributed by atoms with Crippen molar-refractivity contribution in [2.45, 2.75) is 75.9 Å². The number of esters is 1. The molecule has 0 unspecified atom stereocenters. The maximum atomic E-state index is 15.6. The van der Waals surface area contributed by atoms with Gasteiger partial charge in [0.15, 0.2) is 5.82 Å². The number of likely N-dealkylation sites (tertiary alicyclic amines) is 2. The van der Waals surface area contributed by atoms with Gasteiger partial charge in [0, 0.05) is 69.1 Å². The Morgan fingerprint density at radius 1 is 1.06 bits per heavy atom. The van der Waals surface area contributed by atoms with Gasteiger partial charge in [-0.15, -0.1) is 0 Å². The summed E-state index contributed by atoms with van der Waals surface area (Å²) in [6, 6.07) is 12.9. The number of piperidine rings is 2. The number of carbonyl (C=O) groups excluding carboxylic acids is 1. The Morgan fingerprint density at radius 2 is 1.78 bits per heavy atom. The Kier molecular flexibility index (Phi) is 11.7. The van der Waals surface area contributed by atoms with E-state index in [1.165, 1.54) is 13.2 Å². The molecule has 0 bridgehead atoms. The molecule has 1 saturated carbocycles. The number of nitrogens with zero attached hydrogens (tertiary/aromatic N) is 5. The lowest BCUT2D eigenvalue weighted by molar-refractivity contribution is -0.142. The summed E-state index contributed by atoms with van der Waals surface area (Å²) in [5.41, 5.74) is 1.48. The van der Waals surface area contributed by atoms with Gasteiger partial charge in [-0.3, -0.25) is 4.79 Å². The van der Waals surface area contributed by atoms with E-state index in [9.17, 15) is 15.2 Å². The van der Waals surface area contributed by atoms with Crippen LogP contribution in [0.5, 0.6) is 0 Å². The number of anilines is 1. The Morgan fingerprint density at radius 3 is 2.43 bits per heavy atom. The minimum absolute atomic E-state index is 0.173. The molecule has 0 spiro atoms. The van der Waals surface area contributed by atoms with Gasteiger partial charge in [-0.2, -0.15) is 5.26 Å². The molecule has 3 saturated heterocycles. The van der Waals surface area contributed by atoms with Gasteiger partial charge < -0.3 is 29.4 Å². The number of aliphatic hydroxyl groups is 1. The molecule has 51 heavy (non-hydrogen) atoms. The quantitative estimate of drug-likeness (QED) is 0.277. The molecule has 3 heterocycles. The largest absolute Gasteiger partial charge is 0.469 e. The minimum Gasteiger partial charge on any atom is -0.469 e. The van der Waals surface area contributed by atoms with E-state index >= 15 is 8.78 Å². The van der Waals surface area contributed by atoms with Crippen LogP contribution in [0.2, 0.25) is 0 Å². The molecule has 3 atom stereocenters. The molecule has 0 radical (unpaired) electrons. The molecule has 8 nitrogen and oxygen atoms in total. The summed E-state index contributed by atoms with van der Waals surface area (Å²) in [6.07, 6.45) is 6.80. The molecule has 4 fully saturated rings. The summed E-state index contributed by atoms with van der Waals surface area (Å²) in [6.45, 7) is 9.11. The van der Waals surface area contributed by atoms with Crippen molar-refractivity contribution < 1.29 is 23.4 Å². The van der Waals surface area contributed by atoms with E-state index in [2.05, 4.69) is 26.8 Å². The molecule has 278 valence electrons. The Balaban J connectivity index is 1.19. The van der Waals surface area contributed by atoms with Crippen molar-refractivity contribution >= 4 is 11.7 Å². The maximum absolute atomic E-state index is 15.6. The Bertz CT molecular complexity index is 1550. The first kappa shape index (κ1) is 37.7. The first-order valence-electron chi connectivity index (χ1n) is 19.0. The highest BCUT2D eigenvalue weighted by molar-refractivity contribution is 5.69. The molecule has 6 rings (SSSR count). The van der Waals surface area contributed by atoms with E-state index in [0.29, 0.717) is 54.5 Å². The standard InChI is InChI=1S/C41H57F2N5O3/c1-40(50)15-19-47(20-16-40)28-41(33-8-6-9-34(42)22-33,36-10-5-7-30(36)21-38(49)51-4)32-13-17-46(18-14-32)24-29-25-48(26-29)37-12-11-31(23-44)35(39(37)43)27-45(2)3/h6,8-9,11-12,22,29-30,32,36,50H,5,7,10,13-21,24-28H2,1-4H3/t30-,36+,41+/m1/s1. The molecule has 3 aliphatic heterocycles. The molecule has 10 heteroatoms. The number of halogens is 2. The van der Waals surface area contributed by atoms with E-state index < -0.39 is 5.60 Å². The SMILES string of the molecule is COC(=O)C[C@H]1CCC[C@@H]1[C@](CN1CCC(C)(O)CC1)(c1cccc(F)c1)C1CCN(CC2CN(c3ccc(C#N)c(CN(C)C)c3F)C2)CC1. The number of methoxy groups -OCH3 is 1. The summed E-state index contributed by atoms with van der Waals surface area (Å²) in [5.74, 6) is 0.453. The predicted octanol–water partition coefficient (Wildman–Crippen LogP) is 5.81. The van der Waals surface area contributed by atoms with Crippen LogP contribution in [-0.2, 0) is 21.5 Å². The van der Waals surface area contributed by atoms with Gasteiger partial charge in [-0.05, 0) is 120 Å². The highest BCUT2D eigenvalue weighted by Gasteiger charge is 2.53. The average Bonchev–Trinajstić information content (AvgIpc) is 3.55. The summed E-state index contributed by atoms with van der Waals surface area (Å²) in [7, 11) is 5.23. The second-order valence-corrected chi connectivity index (χ2v) is 16.5. The zero-order valence-corrected chi connectivity index (χ0v) is 31.1. The third kappa shape index (κ3) is 8.27. The zero-order chi connectivity index (χ0) is 36.3. The van der Waals surface area contributed by atoms with E-state index in [1.807, 2.05) is 32.0 Å². The lowest BCUT2D eigenvalue weighted by atomic mass is 9.56. The monoisotopic (exact) mass is 705 g/mol. The topological polar surface area (TPSA) is 83.3 Å². The smallest absolute Gasteiger partial charge is 0.305 e. The first-order valence-corrected chi connectivity index (χ1v) is 19.0. The fourth-order valence-electron chi connectivity index (χ4n) is 9.99. The molecule has 4 aliphatic rings. The van der Waals surface area contributed by atoms with Gasteiger partial charge in [0.05, 0.1) is 30.0 Å². The van der Waals surface area contributed by atoms with E-state index in [4.69, 9.17) is 4.74 Å². The molecule has 2 aromatic rings. The molecule has 2 aromatic carbocycles. The van der Waals surface area contributed by atoms with Crippen molar-refractivity contribution in [3.63, 3.8) is 0 Å². The number of nitriles is 1. The summed E-state index contributed by atoms with van der Waals surface area (Å²) < 4.78 is 36.0. The summed E-state index contributed by atoms with van der Waals surface area (Å²) in [4.78, 5) is 21.7. The average molecular weight is 706 g/mol. The third-order valence-electron chi connectivity index (χ3n) is 12.7. The van der Waals surface area contributed by atoms with Crippen molar-refractivity contribution in [3.8, 4) is 6.07 Å². The van der Waals surface area contributed by atoms with E-state index in [1.54, 1.807) is 18.2 Å². The van der Waals surface area contributed by atoms with Crippen LogP contribution in [0, 0.1) is 46.6 Å². The van der Waals surface area contributed by atoms with Crippen molar-refractivity contribution in [2.75, 3.05) is 78.5 Å². The maximum Gasteiger partial charge on any atom is 0.305 e. The summed E-state index contributed by atoms with van der Waals surface area (Å²) in [5, 5.41) is 20.3. The highest BCUT2D eigenvalue weighted by atomic mass is 19.1. The third-order valence-corrected chi connectivity index (χ3v) is 12.7. The van der Waals surface area contributed by atoms with Crippen LogP contribution in [0.25, 0.3) is 0 Å². The van der Waals surface area contributed by atoms with Gasteiger partial charge >= 0.3 is 5.97 Å². The minimum atomic E-state index is -0.665. The number of carbonyl (C=O) groups is 1. The molecule has 1 aliphatic carbocycles. The highest BCUT2D eigenvalue weighted by Crippen LogP contribution is 2.54. The van der Waals surface area contributed by atoms with Crippen molar-refractivity contribution in [1.82, 2.24) is 14.7 Å². The lowest BCUT2D eigenvalue weighted by Gasteiger charge is -2.54. The second-order valence-electron chi connectivity index (χ2n) is 16.5. The second kappa shape index (κ2) is 15.9. The van der Waals surface area contributed by atoms with Crippen LogP contribution < -0.4 is 4.90 Å². The van der Waals surface area contributed by atoms with Crippen LogP contribution in [-0.4, -0.2) is 105 Å². The van der Waals surface area contributed by atoms with Crippen LogP contribution in [0.3, 0.4) is 0 Å². The van der Waals surface area contributed by atoms with Crippen LogP contribution in [0.4, 0.5) is 14.5 Å². The van der Waals surface area contributed by atoms with Gasteiger partial charge in [-0.25, -0.2) is 8.78 Å². The van der Waals surface area contributed by atoms with Gasteiger partial charge in [0.25, 0.3) is 0 Å². The molecule has 0 aromatic heterocycles. The number of hydrogen-bond donors (Lipinski definition) is 1. The number of benzene rings is 2. The lowest BCUT2D eigenvalue weighted by Crippen LogP contribution is -2.57. The molecular formula is C41H57F2N5O3. The van der Waals surface area contributed by atoms with E-state index in [0.717, 1.165) is 90.0 Å². The number of ether oxygens (including phenoxy) is 1. The molecule has 1 N–H and O–H groups in total. The summed E-state index contributed by atoms with van der Waals surface area (Å²) >= 11 is 0. The number of rotatable bonds is 12. The van der Waals surface area contributed by atoms with Crippen molar-refractivity contribution in [3.05, 3.63) is 64.7 Å². The fourth-order valence-corrected chi connectivity index (χ4v) is 9.99. The zero-order valence-electron chi connectivity index (χ0n) is 31.1. The van der Waals surface area contributed by atoms with Crippen LogP contribution >= 0.6 is 0 Å². The Hall–Kier alpha value is -3.10. The van der Waals surface area contributed by atoms with Crippen LogP contribution in [0.15, 0.2) is 36.4 Å². The normalized spacial score (nSPS) is 24.6. The fraction of sp³-hybridized carbons (Fsp3) is 0.659. The van der Waals surface area contributed by atoms with Crippen LogP contribution in [0.1, 0.15) is 75.0 Å².